The number of ether oxygens (including phenoxy) is 2. The van der Waals surface area contributed by atoms with Crippen LogP contribution in [0, 0.1) is 0 Å². The molecule has 0 aliphatic heterocycles. The maximum Gasteiger partial charge on any atom is 0.417 e. The van der Waals surface area contributed by atoms with Crippen LogP contribution in [0.3, 0.4) is 0 Å². The molecule has 0 spiro atoms. The van der Waals surface area contributed by atoms with Gasteiger partial charge in [-0.1, -0.05) is 36.4 Å². The van der Waals surface area contributed by atoms with E-state index in [2.05, 4.69) is 10.6 Å². The van der Waals surface area contributed by atoms with E-state index in [4.69, 9.17) is 9.47 Å². The second-order valence-electron chi connectivity index (χ2n) is 5.23. The average Bonchev–Trinajstić information content (AvgIpc) is 2.65. The van der Waals surface area contributed by atoms with Gasteiger partial charge in [-0.2, -0.15) is 0 Å². The minimum atomic E-state index is -0.605. The number of para-hydroxylation sites is 2. The molecule has 0 bridgehead atoms. The third-order valence-corrected chi connectivity index (χ3v) is 3.29. The molecule has 26 heavy (non-hydrogen) atoms. The topological polar surface area (TPSA) is 76.7 Å². The second-order valence-corrected chi connectivity index (χ2v) is 5.23. The number of carbonyl (C=O) groups is 2. The Labute approximate surface area is 150 Å². The zero-order chi connectivity index (χ0) is 18.2. The number of hydrogen-bond donors (Lipinski definition) is 2. The van der Waals surface area contributed by atoms with Gasteiger partial charge in [0.25, 0.3) is 0 Å². The predicted molar refractivity (Wildman–Crippen MR) is 98.6 cm³/mol. The van der Waals surface area contributed by atoms with E-state index in [1.807, 2.05) is 36.4 Å². The zero-order valence-corrected chi connectivity index (χ0v) is 13.7. The van der Waals surface area contributed by atoms with E-state index in [0.29, 0.717) is 22.9 Å². The van der Waals surface area contributed by atoms with Crippen LogP contribution in [0.2, 0.25) is 0 Å². The highest BCUT2D eigenvalue weighted by Gasteiger charge is 2.07. The van der Waals surface area contributed by atoms with Crippen LogP contribution in [0.25, 0.3) is 0 Å². The maximum atomic E-state index is 11.8. The normalized spacial score (nSPS) is 9.85. The summed E-state index contributed by atoms with van der Waals surface area (Å²) in [5, 5.41) is 5.22. The lowest BCUT2D eigenvalue weighted by atomic mass is 10.3. The Kier molecular flexibility index (Phi) is 5.47. The fourth-order valence-corrected chi connectivity index (χ4v) is 2.12. The van der Waals surface area contributed by atoms with E-state index in [1.54, 1.807) is 24.3 Å². The van der Waals surface area contributed by atoms with Crippen molar-refractivity contribution in [1.82, 2.24) is 0 Å². The Balaban J connectivity index is 1.51. The highest BCUT2D eigenvalue weighted by molar-refractivity contribution is 5.87. The lowest BCUT2D eigenvalue weighted by molar-refractivity contribution is 0.213. The fourth-order valence-electron chi connectivity index (χ4n) is 2.12. The summed E-state index contributed by atoms with van der Waals surface area (Å²) in [7, 11) is 0. The van der Waals surface area contributed by atoms with E-state index in [-0.39, 0.29) is 0 Å². The molecule has 0 saturated carbocycles. The Morgan fingerprint density at radius 1 is 0.538 bits per heavy atom. The quantitative estimate of drug-likeness (QED) is 0.702. The van der Waals surface area contributed by atoms with Crippen LogP contribution in [-0.4, -0.2) is 12.2 Å². The molecule has 130 valence electrons. The van der Waals surface area contributed by atoms with Gasteiger partial charge in [-0.3, -0.25) is 10.6 Å². The smallest absolute Gasteiger partial charge is 0.410 e. The standard InChI is InChI=1S/C20H16N2O4/c23-19(21-15-7-3-1-4-8-15)25-17-11-13-18(14-12-17)26-20(24)22-16-9-5-2-6-10-16/h1-14H,(H,21,23)(H,22,24). The number of hydrogen-bond acceptors (Lipinski definition) is 4. The molecule has 6 heteroatoms. The number of rotatable bonds is 4. The Morgan fingerprint density at radius 3 is 1.23 bits per heavy atom. The third kappa shape index (κ3) is 5.10. The van der Waals surface area contributed by atoms with E-state index >= 15 is 0 Å². The van der Waals surface area contributed by atoms with Gasteiger partial charge in [0.05, 0.1) is 0 Å². The Bertz CT molecular complexity index is 791. The molecule has 3 rings (SSSR count). The van der Waals surface area contributed by atoms with E-state index < -0.39 is 12.2 Å². The summed E-state index contributed by atoms with van der Waals surface area (Å²) in [5.41, 5.74) is 1.27. The lowest BCUT2D eigenvalue weighted by Crippen LogP contribution is -2.17. The lowest BCUT2D eigenvalue weighted by Gasteiger charge is -2.08. The predicted octanol–water partition coefficient (Wildman–Crippen LogP) is 4.91. The van der Waals surface area contributed by atoms with Crippen LogP contribution >= 0.6 is 0 Å². The summed E-state index contributed by atoms with van der Waals surface area (Å²) < 4.78 is 10.3. The van der Waals surface area contributed by atoms with Gasteiger partial charge in [0.2, 0.25) is 0 Å². The van der Waals surface area contributed by atoms with Gasteiger partial charge in [0.15, 0.2) is 0 Å². The minimum Gasteiger partial charge on any atom is -0.410 e. The first-order chi connectivity index (χ1) is 12.7. The molecule has 0 atom stereocenters. The van der Waals surface area contributed by atoms with Crippen molar-refractivity contribution in [3.05, 3.63) is 84.9 Å². The van der Waals surface area contributed by atoms with Gasteiger partial charge in [-0.05, 0) is 48.5 Å². The van der Waals surface area contributed by atoms with Gasteiger partial charge < -0.3 is 9.47 Å². The van der Waals surface area contributed by atoms with Gasteiger partial charge in [0.1, 0.15) is 11.5 Å². The van der Waals surface area contributed by atoms with Gasteiger partial charge >= 0.3 is 12.2 Å². The number of nitrogens with one attached hydrogen (secondary N) is 2. The molecule has 0 heterocycles. The van der Waals surface area contributed by atoms with E-state index in [9.17, 15) is 9.59 Å². The highest BCUT2D eigenvalue weighted by atomic mass is 16.6. The molecule has 0 radical (unpaired) electrons. The molecule has 3 aromatic rings. The minimum absolute atomic E-state index is 0.328. The van der Waals surface area contributed by atoms with Gasteiger partial charge in [-0.25, -0.2) is 9.59 Å². The number of carbonyl (C=O) groups excluding carboxylic acids is 2. The first-order valence-corrected chi connectivity index (χ1v) is 7.87. The first kappa shape index (κ1) is 17.0. The highest BCUT2D eigenvalue weighted by Crippen LogP contribution is 2.19. The van der Waals surface area contributed by atoms with Crippen molar-refractivity contribution in [2.75, 3.05) is 10.6 Å². The molecule has 3 aromatic carbocycles. The summed E-state index contributed by atoms with van der Waals surface area (Å²) in [5.74, 6) is 0.656. The monoisotopic (exact) mass is 348 g/mol. The van der Waals surface area contributed by atoms with Crippen LogP contribution in [0.1, 0.15) is 0 Å². The summed E-state index contributed by atoms with van der Waals surface area (Å²) in [6.45, 7) is 0. The van der Waals surface area contributed by atoms with Gasteiger partial charge in [-0.15, -0.1) is 0 Å². The van der Waals surface area contributed by atoms with Crippen molar-refractivity contribution in [1.29, 1.82) is 0 Å². The summed E-state index contributed by atoms with van der Waals surface area (Å²) in [4.78, 5) is 23.6. The van der Waals surface area contributed by atoms with E-state index in [1.165, 1.54) is 24.3 Å². The summed E-state index contributed by atoms with van der Waals surface area (Å²) in [6.07, 6.45) is -1.21. The zero-order valence-electron chi connectivity index (χ0n) is 13.7. The number of anilines is 2. The average molecular weight is 348 g/mol. The molecular weight excluding hydrogens is 332 g/mol. The summed E-state index contributed by atoms with van der Waals surface area (Å²) >= 11 is 0. The van der Waals surface area contributed by atoms with Crippen LogP contribution in [0.4, 0.5) is 21.0 Å². The first-order valence-electron chi connectivity index (χ1n) is 7.87. The van der Waals surface area contributed by atoms with Crippen molar-refractivity contribution in [2.45, 2.75) is 0 Å². The van der Waals surface area contributed by atoms with E-state index in [0.717, 1.165) is 0 Å². The molecule has 6 nitrogen and oxygen atoms in total. The largest absolute Gasteiger partial charge is 0.417 e. The van der Waals surface area contributed by atoms with Crippen molar-refractivity contribution in [2.24, 2.45) is 0 Å². The SMILES string of the molecule is O=C(Nc1ccccc1)Oc1ccc(OC(=O)Nc2ccccc2)cc1. The molecule has 0 aliphatic rings. The van der Waals surface area contributed by atoms with Crippen molar-refractivity contribution < 1.29 is 19.1 Å². The van der Waals surface area contributed by atoms with Gasteiger partial charge in [0, 0.05) is 11.4 Å². The molecule has 0 saturated heterocycles. The van der Waals surface area contributed by atoms with Crippen LogP contribution in [-0.2, 0) is 0 Å². The second kappa shape index (κ2) is 8.34. The maximum absolute atomic E-state index is 11.8. The molecule has 2 N–H and O–H groups in total. The molecule has 2 amide bonds. The van der Waals surface area contributed by atoms with Crippen LogP contribution in [0.15, 0.2) is 84.9 Å². The molecular formula is C20H16N2O4. The summed E-state index contributed by atoms with van der Waals surface area (Å²) in [6, 6.07) is 24.1. The molecule has 0 fully saturated rings. The van der Waals surface area contributed by atoms with Crippen LogP contribution in [0.5, 0.6) is 11.5 Å². The fraction of sp³-hybridized carbons (Fsp3) is 0. The number of amides is 2. The Morgan fingerprint density at radius 2 is 0.885 bits per heavy atom. The molecule has 0 unspecified atom stereocenters. The molecule has 0 aliphatic carbocycles. The molecule has 0 aromatic heterocycles. The van der Waals surface area contributed by atoms with Crippen molar-refractivity contribution in [3.63, 3.8) is 0 Å². The van der Waals surface area contributed by atoms with Crippen molar-refractivity contribution in [3.8, 4) is 11.5 Å². The van der Waals surface area contributed by atoms with Crippen LogP contribution < -0.4 is 20.1 Å². The number of benzene rings is 3. The third-order valence-electron chi connectivity index (χ3n) is 3.29. The van der Waals surface area contributed by atoms with Crippen molar-refractivity contribution >= 4 is 23.6 Å². The Hall–Kier alpha value is -3.80.